The van der Waals surface area contributed by atoms with Gasteiger partial charge in [0.25, 0.3) is 0 Å². The predicted molar refractivity (Wildman–Crippen MR) is 245 cm³/mol. The third-order valence-electron chi connectivity index (χ3n) is 14.3. The molecule has 63 heavy (non-hydrogen) atoms. The van der Waals surface area contributed by atoms with Crippen molar-refractivity contribution in [3.8, 4) is 33.6 Å². The summed E-state index contributed by atoms with van der Waals surface area (Å²) in [6.45, 7) is 11.0. The fourth-order valence-electron chi connectivity index (χ4n) is 10.8. The number of piperidine rings is 2. The molecule has 0 radical (unpaired) electrons. The van der Waals surface area contributed by atoms with Crippen LogP contribution in [0.15, 0.2) is 53.8 Å². The number of methoxy groups -OCH3 is 2. The summed E-state index contributed by atoms with van der Waals surface area (Å²) < 4.78 is 10.2. The van der Waals surface area contributed by atoms with Gasteiger partial charge in [-0.2, -0.15) is 0 Å². The predicted octanol–water partition coefficient (Wildman–Crippen LogP) is 9.37. The summed E-state index contributed by atoms with van der Waals surface area (Å²) in [4.78, 5) is 65.7. The van der Waals surface area contributed by atoms with Crippen LogP contribution in [0.25, 0.3) is 33.6 Å². The number of alkyl carbamates (subject to hydrolysis) is 1. The van der Waals surface area contributed by atoms with Gasteiger partial charge in [-0.25, -0.2) is 19.8 Å². The molecular weight excluding hydrogens is 793 g/mol. The Labute approximate surface area is 372 Å². The molecule has 4 aliphatic rings. The molecular formula is C50H66N8O5. The largest absolute Gasteiger partial charge is 0.484 e. The Balaban J connectivity index is 1.05. The number of aromatic nitrogens is 4. The lowest BCUT2D eigenvalue weighted by Crippen LogP contribution is -2.53. The van der Waals surface area contributed by atoms with Crippen LogP contribution in [0.2, 0.25) is 0 Å². The number of imidazole rings is 2. The van der Waals surface area contributed by atoms with Crippen LogP contribution >= 0.6 is 0 Å². The summed E-state index contributed by atoms with van der Waals surface area (Å²) in [6, 6.07) is 11.8. The first-order valence-electron chi connectivity index (χ1n) is 23.3. The molecule has 1 spiro atoms. The normalized spacial score (nSPS) is 20.9. The SMILES string of the molecule is COC(=O)NC(C(=O)N1CCCCC1c1ncc(-c2ccc(-c3ccc(-c4cnc(C5CCCCN5C(=O)C(N=C(C)OC)C(C)C)[nH]4)cc3)c3c2CC2(CCCC2)C3)[nH]1)C(C)C. The van der Waals surface area contributed by atoms with Gasteiger partial charge in [-0.05, 0) is 109 Å². The third kappa shape index (κ3) is 9.02. The van der Waals surface area contributed by atoms with Gasteiger partial charge in [-0.3, -0.25) is 9.59 Å². The van der Waals surface area contributed by atoms with Gasteiger partial charge in [0, 0.05) is 25.6 Å². The lowest BCUT2D eigenvalue weighted by Gasteiger charge is -2.37. The fourth-order valence-corrected chi connectivity index (χ4v) is 10.8. The number of nitrogens with zero attached hydrogens (tertiary/aromatic N) is 5. The summed E-state index contributed by atoms with van der Waals surface area (Å²) >= 11 is 0. The van der Waals surface area contributed by atoms with Crippen LogP contribution in [0.3, 0.4) is 0 Å². The zero-order chi connectivity index (χ0) is 44.4. The van der Waals surface area contributed by atoms with Crippen LogP contribution in [0.1, 0.15) is 134 Å². The standard InChI is InChI=1S/C50H66N8O5/c1-30(2)43(53-32(5)62-6)47(59)57-24-12-8-14-41(57)45-51-28-39(54-45)34-18-16-33(17-19-34)35-20-21-36(38-27-50(26-37(35)38)22-10-11-23-50)40-29-52-46(55-40)42-15-9-13-25-58(42)48(60)44(31(3)4)56-49(61)63-7/h16-21,28-31,41-44H,8-15,22-27H2,1-7H3,(H,51,54)(H,52,55)(H,56,61). The van der Waals surface area contributed by atoms with Gasteiger partial charge in [-0.1, -0.05) is 76.9 Å². The highest BCUT2D eigenvalue weighted by Gasteiger charge is 2.42. The quantitative estimate of drug-likeness (QED) is 0.100. The number of amides is 3. The van der Waals surface area contributed by atoms with Gasteiger partial charge in [0.15, 0.2) is 5.90 Å². The van der Waals surface area contributed by atoms with Crippen LogP contribution in [-0.2, 0) is 31.9 Å². The molecule has 4 aromatic rings. The van der Waals surface area contributed by atoms with E-state index in [0.29, 0.717) is 19.0 Å². The van der Waals surface area contributed by atoms with Crippen LogP contribution in [0.4, 0.5) is 4.79 Å². The van der Waals surface area contributed by atoms with E-state index in [1.165, 1.54) is 60.6 Å². The molecule has 4 heterocycles. The molecule has 2 aromatic carbocycles. The lowest BCUT2D eigenvalue weighted by molar-refractivity contribution is -0.139. The first-order chi connectivity index (χ1) is 30.4. The van der Waals surface area contributed by atoms with E-state index in [2.05, 4.69) is 56.7 Å². The Hall–Kier alpha value is -5.46. The number of likely N-dealkylation sites (tertiary alicyclic amines) is 2. The van der Waals surface area contributed by atoms with Gasteiger partial charge < -0.3 is 34.6 Å². The second kappa shape index (κ2) is 18.7. The number of H-pyrrole nitrogens is 2. The van der Waals surface area contributed by atoms with Crippen molar-refractivity contribution < 1.29 is 23.9 Å². The Morgan fingerprint density at radius 1 is 0.714 bits per heavy atom. The minimum absolute atomic E-state index is 0.0216. The Kier molecular flexibility index (Phi) is 13.1. The number of aromatic amines is 2. The minimum Gasteiger partial charge on any atom is -0.484 e. The highest BCUT2D eigenvalue weighted by Crippen LogP contribution is 2.53. The molecule has 13 heteroatoms. The number of carbonyl (C=O) groups excluding carboxylic acids is 3. The van der Waals surface area contributed by atoms with E-state index in [9.17, 15) is 14.4 Å². The highest BCUT2D eigenvalue weighted by atomic mass is 16.5. The number of carbonyl (C=O) groups is 3. The van der Waals surface area contributed by atoms with Gasteiger partial charge in [0.1, 0.15) is 23.7 Å². The van der Waals surface area contributed by atoms with Gasteiger partial charge in [-0.15, -0.1) is 0 Å². The topological polar surface area (TPSA) is 158 Å². The number of aliphatic imine (C=N–C) groups is 1. The van der Waals surface area contributed by atoms with Crippen LogP contribution in [-0.4, -0.2) is 92.9 Å². The number of fused-ring (bicyclic) bond motifs is 1. The maximum atomic E-state index is 14.0. The average Bonchev–Trinajstić information content (AvgIpc) is 4.14. The number of rotatable bonds is 11. The van der Waals surface area contributed by atoms with Crippen molar-refractivity contribution in [1.82, 2.24) is 35.1 Å². The van der Waals surface area contributed by atoms with E-state index in [4.69, 9.17) is 19.4 Å². The van der Waals surface area contributed by atoms with Gasteiger partial charge >= 0.3 is 6.09 Å². The summed E-state index contributed by atoms with van der Waals surface area (Å²) in [5.41, 5.74) is 9.73. The molecule has 3 N–H and O–H groups in total. The molecule has 2 saturated heterocycles. The number of benzene rings is 2. The first-order valence-corrected chi connectivity index (χ1v) is 23.3. The van der Waals surface area contributed by atoms with E-state index >= 15 is 0 Å². The molecule has 0 bridgehead atoms. The van der Waals surface area contributed by atoms with E-state index in [-0.39, 0.29) is 41.1 Å². The summed E-state index contributed by atoms with van der Waals surface area (Å²) in [7, 11) is 2.91. The van der Waals surface area contributed by atoms with Crippen molar-refractivity contribution in [3.63, 3.8) is 0 Å². The smallest absolute Gasteiger partial charge is 0.407 e. The highest BCUT2D eigenvalue weighted by molar-refractivity contribution is 5.87. The Morgan fingerprint density at radius 2 is 1.27 bits per heavy atom. The van der Waals surface area contributed by atoms with Crippen molar-refractivity contribution >= 4 is 23.8 Å². The number of hydrogen-bond donors (Lipinski definition) is 3. The van der Waals surface area contributed by atoms with E-state index in [0.717, 1.165) is 80.0 Å². The Morgan fingerprint density at radius 3 is 1.86 bits per heavy atom. The van der Waals surface area contributed by atoms with E-state index in [1.54, 1.807) is 14.0 Å². The fraction of sp³-hybridized carbons (Fsp3) is 0.560. The van der Waals surface area contributed by atoms with Crippen molar-refractivity contribution in [2.45, 2.75) is 136 Å². The zero-order valence-corrected chi connectivity index (χ0v) is 38.3. The zero-order valence-electron chi connectivity index (χ0n) is 38.3. The average molecular weight is 859 g/mol. The first kappa shape index (κ1) is 44.2. The van der Waals surface area contributed by atoms with Crippen LogP contribution in [0, 0.1) is 17.3 Å². The monoisotopic (exact) mass is 859 g/mol. The maximum Gasteiger partial charge on any atom is 0.407 e. The molecule has 1 saturated carbocycles. The molecule has 2 aliphatic heterocycles. The Bertz CT molecular complexity index is 2300. The van der Waals surface area contributed by atoms with Crippen molar-refractivity contribution in [3.05, 3.63) is 71.6 Å². The second-order valence-electron chi connectivity index (χ2n) is 19.1. The van der Waals surface area contributed by atoms with Crippen molar-refractivity contribution in [2.24, 2.45) is 22.2 Å². The van der Waals surface area contributed by atoms with Crippen molar-refractivity contribution in [1.29, 1.82) is 0 Å². The van der Waals surface area contributed by atoms with E-state index in [1.807, 2.05) is 49.9 Å². The molecule has 3 amide bonds. The third-order valence-corrected chi connectivity index (χ3v) is 14.3. The molecule has 3 fully saturated rings. The molecule has 2 aromatic heterocycles. The van der Waals surface area contributed by atoms with Crippen molar-refractivity contribution in [2.75, 3.05) is 27.3 Å². The summed E-state index contributed by atoms with van der Waals surface area (Å²) in [5.74, 6) is 1.96. The number of nitrogens with one attached hydrogen (secondary N) is 3. The maximum absolute atomic E-state index is 14.0. The van der Waals surface area contributed by atoms with Crippen LogP contribution in [0.5, 0.6) is 0 Å². The van der Waals surface area contributed by atoms with Gasteiger partial charge in [0.2, 0.25) is 11.8 Å². The summed E-state index contributed by atoms with van der Waals surface area (Å²) in [6.07, 6.45) is 16.0. The minimum atomic E-state index is -0.684. The number of hydrogen-bond acceptors (Lipinski definition) is 8. The van der Waals surface area contributed by atoms with E-state index < -0.39 is 18.2 Å². The molecule has 4 atom stereocenters. The molecule has 2 aliphatic carbocycles. The number of ether oxygens (including phenoxy) is 2. The molecule has 4 unspecified atom stereocenters. The van der Waals surface area contributed by atoms with Gasteiger partial charge in [0.05, 0.1) is 50.1 Å². The second-order valence-corrected chi connectivity index (χ2v) is 19.1. The molecule has 13 nitrogen and oxygen atoms in total. The summed E-state index contributed by atoms with van der Waals surface area (Å²) in [5, 5.41) is 2.77. The molecule has 8 rings (SSSR count). The lowest BCUT2D eigenvalue weighted by atomic mass is 9.82. The molecule has 336 valence electrons. The van der Waals surface area contributed by atoms with Crippen LogP contribution < -0.4 is 5.32 Å².